The first-order chi connectivity index (χ1) is 13.4. The quantitative estimate of drug-likeness (QED) is 0.762. The summed E-state index contributed by atoms with van der Waals surface area (Å²) in [6.07, 6.45) is -4.10. The molecule has 2 N–H and O–H groups in total. The van der Waals surface area contributed by atoms with Crippen LogP contribution in [0.2, 0.25) is 0 Å². The van der Waals surface area contributed by atoms with Gasteiger partial charge in [0.25, 0.3) is 0 Å². The average Bonchev–Trinajstić information content (AvgIpc) is 3.03. The minimum Gasteiger partial charge on any atom is -0.374 e. The van der Waals surface area contributed by atoms with Gasteiger partial charge in [0.15, 0.2) is 5.82 Å². The second-order valence-electron chi connectivity index (χ2n) is 6.96. The van der Waals surface area contributed by atoms with Crippen LogP contribution in [0.3, 0.4) is 0 Å². The zero-order chi connectivity index (χ0) is 22.0. The van der Waals surface area contributed by atoms with Crippen LogP contribution in [0.25, 0.3) is 0 Å². The molecule has 1 aromatic carbocycles. The van der Waals surface area contributed by atoms with E-state index in [1.54, 1.807) is 26.0 Å². The first kappa shape index (κ1) is 22.4. The highest BCUT2D eigenvalue weighted by molar-refractivity contribution is 5.95. The molecule has 0 saturated heterocycles. The number of rotatable bonds is 6. The highest BCUT2D eigenvalue weighted by Crippen LogP contribution is 2.41. The molecule has 158 valence electrons. The van der Waals surface area contributed by atoms with Gasteiger partial charge >= 0.3 is 6.18 Å². The number of amides is 2. The van der Waals surface area contributed by atoms with Crippen LogP contribution in [0.5, 0.6) is 0 Å². The molecule has 0 aliphatic carbocycles. The summed E-state index contributed by atoms with van der Waals surface area (Å²) in [5.74, 6) is -2.32. The van der Waals surface area contributed by atoms with E-state index in [1.807, 2.05) is 6.07 Å². The number of anilines is 1. The minimum atomic E-state index is -5.14. The zero-order valence-corrected chi connectivity index (χ0v) is 16.5. The molecular formula is C19H23F3N4O3. The number of hydrogen-bond donors (Lipinski definition) is 2. The first-order valence-corrected chi connectivity index (χ1v) is 8.73. The summed E-state index contributed by atoms with van der Waals surface area (Å²) in [6, 6.07) is 5.42. The van der Waals surface area contributed by atoms with Crippen LogP contribution < -0.4 is 5.32 Å². The van der Waals surface area contributed by atoms with Gasteiger partial charge in [0, 0.05) is 32.2 Å². The molecule has 0 fully saturated rings. The Morgan fingerprint density at radius 3 is 2.31 bits per heavy atom. The van der Waals surface area contributed by atoms with Gasteiger partial charge in [0.1, 0.15) is 0 Å². The van der Waals surface area contributed by atoms with Crippen molar-refractivity contribution in [1.82, 2.24) is 14.5 Å². The fourth-order valence-electron chi connectivity index (χ4n) is 2.92. The van der Waals surface area contributed by atoms with Crippen molar-refractivity contribution in [1.29, 1.82) is 0 Å². The van der Waals surface area contributed by atoms with E-state index in [2.05, 4.69) is 10.3 Å². The lowest BCUT2D eigenvalue weighted by Gasteiger charge is -2.30. The molecule has 0 aliphatic heterocycles. The number of nitrogens with one attached hydrogen (secondary N) is 1. The van der Waals surface area contributed by atoms with E-state index in [-0.39, 0.29) is 0 Å². The number of hydrogen-bond acceptors (Lipinski definition) is 4. The number of aryl methyl sites for hydroxylation is 3. The van der Waals surface area contributed by atoms with Crippen molar-refractivity contribution in [2.45, 2.75) is 32.0 Å². The molecule has 0 spiro atoms. The monoisotopic (exact) mass is 412 g/mol. The smallest absolute Gasteiger partial charge is 0.374 e. The molecule has 2 aromatic rings. The van der Waals surface area contributed by atoms with Crippen molar-refractivity contribution in [3.8, 4) is 0 Å². The highest BCUT2D eigenvalue weighted by atomic mass is 19.4. The van der Waals surface area contributed by atoms with E-state index in [4.69, 9.17) is 0 Å². The number of benzene rings is 1. The lowest BCUT2D eigenvalue weighted by molar-refractivity contribution is -0.271. The Hall–Kier alpha value is -2.88. The Labute approximate surface area is 166 Å². The van der Waals surface area contributed by atoms with Gasteiger partial charge in [-0.1, -0.05) is 18.2 Å². The molecule has 1 unspecified atom stereocenters. The van der Waals surface area contributed by atoms with E-state index in [1.165, 1.54) is 20.3 Å². The molecule has 0 aliphatic rings. The third kappa shape index (κ3) is 4.76. The Bertz CT molecular complexity index is 890. The summed E-state index contributed by atoms with van der Waals surface area (Å²) in [5.41, 5.74) is -1.26. The van der Waals surface area contributed by atoms with E-state index in [9.17, 15) is 27.9 Å². The molecular weight excluding hydrogens is 389 g/mol. The second-order valence-corrected chi connectivity index (χ2v) is 6.96. The maximum absolute atomic E-state index is 13.6. The molecule has 29 heavy (non-hydrogen) atoms. The van der Waals surface area contributed by atoms with Crippen molar-refractivity contribution in [2.24, 2.45) is 7.05 Å². The van der Waals surface area contributed by atoms with Crippen molar-refractivity contribution < 1.29 is 27.9 Å². The number of aliphatic hydroxyl groups is 1. The normalized spacial score (nSPS) is 13.7. The minimum absolute atomic E-state index is 0.471. The number of halogens is 3. The summed E-state index contributed by atoms with van der Waals surface area (Å²) in [5, 5.41) is 13.0. The third-order valence-corrected chi connectivity index (χ3v) is 4.62. The Morgan fingerprint density at radius 2 is 1.83 bits per heavy atom. The number of aromatic nitrogens is 2. The molecule has 0 saturated carbocycles. The topological polar surface area (TPSA) is 87.5 Å². The number of carbonyl (C=O) groups is 2. The van der Waals surface area contributed by atoms with E-state index in [0.29, 0.717) is 5.69 Å². The SMILES string of the molecule is Cc1cccc(C)c1NC(=O)CN(C)C(=O)CC(O)(c1nccn1C)C(F)(F)F. The van der Waals surface area contributed by atoms with Crippen LogP contribution in [0, 0.1) is 13.8 Å². The number of nitrogens with zero attached hydrogens (tertiary/aromatic N) is 3. The van der Waals surface area contributed by atoms with Crippen LogP contribution in [0.1, 0.15) is 23.4 Å². The predicted molar refractivity (Wildman–Crippen MR) is 100.0 cm³/mol. The van der Waals surface area contributed by atoms with Gasteiger partial charge in [0.05, 0.1) is 13.0 Å². The van der Waals surface area contributed by atoms with Gasteiger partial charge in [-0.3, -0.25) is 9.59 Å². The molecule has 2 amide bonds. The summed E-state index contributed by atoms with van der Waals surface area (Å²) < 4.78 is 41.7. The van der Waals surface area contributed by atoms with Gasteiger partial charge in [-0.25, -0.2) is 4.98 Å². The first-order valence-electron chi connectivity index (χ1n) is 8.73. The van der Waals surface area contributed by atoms with E-state index >= 15 is 0 Å². The summed E-state index contributed by atoms with van der Waals surface area (Å²) in [7, 11) is 2.48. The van der Waals surface area contributed by atoms with Gasteiger partial charge in [-0.2, -0.15) is 13.2 Å². The predicted octanol–water partition coefficient (Wildman–Crippen LogP) is 2.27. The lowest BCUT2D eigenvalue weighted by Crippen LogP contribution is -2.48. The summed E-state index contributed by atoms with van der Waals surface area (Å²) >= 11 is 0. The van der Waals surface area contributed by atoms with Crippen LogP contribution in [-0.4, -0.2) is 51.1 Å². The number of para-hydroxylation sites is 1. The molecule has 10 heteroatoms. The molecule has 7 nitrogen and oxygen atoms in total. The number of likely N-dealkylation sites (N-methyl/N-ethyl adjacent to an activating group) is 1. The Morgan fingerprint density at radius 1 is 1.24 bits per heavy atom. The van der Waals surface area contributed by atoms with Crippen molar-refractivity contribution in [3.05, 3.63) is 47.5 Å². The molecule has 0 radical (unpaired) electrons. The molecule has 1 heterocycles. The fourth-order valence-corrected chi connectivity index (χ4v) is 2.92. The fraction of sp³-hybridized carbons (Fsp3) is 0.421. The Kier molecular flexibility index (Phi) is 6.37. The lowest BCUT2D eigenvalue weighted by atomic mass is 9.96. The van der Waals surface area contributed by atoms with Crippen molar-refractivity contribution in [3.63, 3.8) is 0 Å². The summed E-state index contributed by atoms with van der Waals surface area (Å²) in [6.45, 7) is 3.13. The zero-order valence-electron chi connectivity index (χ0n) is 16.5. The maximum atomic E-state index is 13.6. The highest BCUT2D eigenvalue weighted by Gasteiger charge is 2.58. The van der Waals surface area contributed by atoms with Gasteiger partial charge in [-0.15, -0.1) is 0 Å². The van der Waals surface area contributed by atoms with Crippen LogP contribution in [0.15, 0.2) is 30.6 Å². The van der Waals surface area contributed by atoms with Crippen LogP contribution >= 0.6 is 0 Å². The number of imidazole rings is 1. The van der Waals surface area contributed by atoms with Crippen LogP contribution in [0.4, 0.5) is 18.9 Å². The number of alkyl halides is 3. The van der Waals surface area contributed by atoms with Gasteiger partial charge < -0.3 is 19.9 Å². The summed E-state index contributed by atoms with van der Waals surface area (Å²) in [4.78, 5) is 29.0. The third-order valence-electron chi connectivity index (χ3n) is 4.62. The van der Waals surface area contributed by atoms with Crippen LogP contribution in [-0.2, 0) is 22.2 Å². The molecule has 0 bridgehead atoms. The second kappa shape index (κ2) is 8.24. The molecule has 1 atom stereocenters. The molecule has 1 aromatic heterocycles. The molecule has 2 rings (SSSR count). The van der Waals surface area contributed by atoms with Crippen molar-refractivity contribution >= 4 is 17.5 Å². The maximum Gasteiger partial charge on any atom is 0.425 e. The number of carbonyl (C=O) groups excluding carboxylic acids is 2. The largest absolute Gasteiger partial charge is 0.425 e. The van der Waals surface area contributed by atoms with Crippen molar-refractivity contribution in [2.75, 3.05) is 18.9 Å². The van der Waals surface area contributed by atoms with Gasteiger partial charge in [-0.05, 0) is 25.0 Å². The van der Waals surface area contributed by atoms with E-state index < -0.39 is 42.4 Å². The van der Waals surface area contributed by atoms with Gasteiger partial charge in [0.2, 0.25) is 17.4 Å². The average molecular weight is 412 g/mol. The standard InChI is InChI=1S/C19H23F3N4O3/c1-12-6-5-7-13(2)16(12)24-14(27)11-26(4)15(28)10-18(29,19(20,21)22)17-23-8-9-25(17)3/h5-9,29H,10-11H2,1-4H3,(H,24,27). The van der Waals surface area contributed by atoms with E-state index in [0.717, 1.165) is 26.8 Å². The Balaban J connectivity index is 2.12.